The van der Waals surface area contributed by atoms with Crippen LogP contribution in [-0.4, -0.2) is 17.5 Å². The Hall–Kier alpha value is -3.14. The summed E-state index contributed by atoms with van der Waals surface area (Å²) in [6, 6.07) is 14.4. The average Bonchev–Trinajstić information content (AvgIpc) is 2.65. The number of hydrogen-bond acceptors (Lipinski definition) is 4. The van der Waals surface area contributed by atoms with Crippen molar-refractivity contribution in [3.05, 3.63) is 82.9 Å². The van der Waals surface area contributed by atoms with Crippen molar-refractivity contribution in [1.29, 1.82) is 0 Å². The number of carbonyl (C=O) groups excluding carboxylic acids is 2. The molecule has 0 fully saturated rings. The second-order valence-corrected chi connectivity index (χ2v) is 7.98. The summed E-state index contributed by atoms with van der Waals surface area (Å²) >= 11 is 0. The van der Waals surface area contributed by atoms with Gasteiger partial charge in [0.2, 0.25) is 0 Å². The molecular formula is C25H28O4. The lowest BCUT2D eigenvalue weighted by molar-refractivity contribution is -0.148. The summed E-state index contributed by atoms with van der Waals surface area (Å²) in [5.74, 6) is -0.296. The molecule has 4 nitrogen and oxygen atoms in total. The molecular weight excluding hydrogens is 364 g/mol. The van der Waals surface area contributed by atoms with Crippen LogP contribution in [0.3, 0.4) is 0 Å². The van der Waals surface area contributed by atoms with Gasteiger partial charge in [-0.15, -0.1) is 0 Å². The molecule has 0 N–H and O–H groups in total. The van der Waals surface area contributed by atoms with E-state index in [1.807, 2.05) is 46.8 Å². The first-order chi connectivity index (χ1) is 13.6. The highest BCUT2D eigenvalue weighted by Crippen LogP contribution is 2.24. The monoisotopic (exact) mass is 392 g/mol. The van der Waals surface area contributed by atoms with Crippen LogP contribution in [0.25, 0.3) is 6.08 Å². The molecule has 2 aromatic carbocycles. The van der Waals surface area contributed by atoms with Gasteiger partial charge in [-0.2, -0.15) is 0 Å². The van der Waals surface area contributed by atoms with Crippen molar-refractivity contribution in [3.8, 4) is 5.75 Å². The van der Waals surface area contributed by atoms with Crippen LogP contribution < -0.4 is 4.74 Å². The molecule has 29 heavy (non-hydrogen) atoms. The first-order valence-corrected chi connectivity index (χ1v) is 9.58. The van der Waals surface area contributed by atoms with Crippen molar-refractivity contribution < 1.29 is 19.1 Å². The molecule has 0 amide bonds. The summed E-state index contributed by atoms with van der Waals surface area (Å²) in [5.41, 5.74) is 2.81. The molecule has 0 atom stereocenters. The first-order valence-electron chi connectivity index (χ1n) is 9.58. The summed E-state index contributed by atoms with van der Waals surface area (Å²) in [6.45, 7) is 9.51. The Morgan fingerprint density at radius 1 is 1.00 bits per heavy atom. The summed E-state index contributed by atoms with van der Waals surface area (Å²) < 4.78 is 10.9. The molecule has 0 saturated heterocycles. The van der Waals surface area contributed by atoms with Crippen molar-refractivity contribution in [3.63, 3.8) is 0 Å². The minimum absolute atomic E-state index is 0.400. The lowest BCUT2D eigenvalue weighted by atomic mass is 10.0. The van der Waals surface area contributed by atoms with Crippen LogP contribution in [0, 0.1) is 0 Å². The average molecular weight is 392 g/mol. The lowest BCUT2D eigenvalue weighted by Gasteiger charge is -2.17. The topological polar surface area (TPSA) is 52.6 Å². The van der Waals surface area contributed by atoms with Crippen molar-refractivity contribution >= 4 is 18.0 Å². The fraction of sp³-hybridized carbons (Fsp3) is 0.280. The smallest absolute Gasteiger partial charge is 0.343 e. The van der Waals surface area contributed by atoms with Gasteiger partial charge in [-0.25, -0.2) is 9.59 Å². The third kappa shape index (κ3) is 7.78. The first kappa shape index (κ1) is 22.2. The SMILES string of the molecule is CC(C)=CCc1cc(/C=C/C(=O)OC(C)(C)C)ccc1OC(=O)c1ccccc1. The maximum Gasteiger partial charge on any atom is 0.343 e. The molecule has 0 aromatic heterocycles. The molecule has 2 aromatic rings. The molecule has 0 heterocycles. The molecule has 2 rings (SSSR count). The lowest BCUT2D eigenvalue weighted by Crippen LogP contribution is -2.22. The largest absolute Gasteiger partial charge is 0.457 e. The molecule has 0 saturated carbocycles. The molecule has 0 radical (unpaired) electrons. The highest BCUT2D eigenvalue weighted by Gasteiger charge is 2.14. The zero-order chi connectivity index (χ0) is 21.4. The van der Waals surface area contributed by atoms with E-state index in [9.17, 15) is 9.59 Å². The van der Waals surface area contributed by atoms with Crippen LogP contribution in [0.5, 0.6) is 5.75 Å². The van der Waals surface area contributed by atoms with E-state index in [4.69, 9.17) is 9.47 Å². The molecule has 0 aliphatic rings. The van der Waals surface area contributed by atoms with Gasteiger partial charge < -0.3 is 9.47 Å². The van der Waals surface area contributed by atoms with Gasteiger partial charge in [0.15, 0.2) is 0 Å². The van der Waals surface area contributed by atoms with E-state index in [2.05, 4.69) is 6.08 Å². The normalized spacial score (nSPS) is 11.2. The second kappa shape index (κ2) is 9.87. The highest BCUT2D eigenvalue weighted by molar-refractivity contribution is 5.91. The van der Waals surface area contributed by atoms with E-state index in [0.717, 1.165) is 11.1 Å². The van der Waals surface area contributed by atoms with Crippen molar-refractivity contribution in [2.24, 2.45) is 0 Å². The van der Waals surface area contributed by atoms with E-state index < -0.39 is 17.5 Å². The van der Waals surface area contributed by atoms with Crippen LogP contribution in [0.1, 0.15) is 56.1 Å². The summed E-state index contributed by atoms with van der Waals surface area (Å²) in [4.78, 5) is 24.3. The zero-order valence-corrected chi connectivity index (χ0v) is 17.7. The third-order valence-electron chi connectivity index (χ3n) is 3.85. The van der Waals surface area contributed by atoms with Gasteiger partial charge in [0.25, 0.3) is 0 Å². The molecule has 152 valence electrons. The zero-order valence-electron chi connectivity index (χ0n) is 17.7. The number of carbonyl (C=O) groups is 2. The van der Waals surface area contributed by atoms with Gasteiger partial charge in [0.05, 0.1) is 5.56 Å². The van der Waals surface area contributed by atoms with Gasteiger partial charge in [0.1, 0.15) is 11.4 Å². The van der Waals surface area contributed by atoms with Crippen LogP contribution >= 0.6 is 0 Å². The molecule has 0 spiro atoms. The minimum Gasteiger partial charge on any atom is -0.457 e. The molecule has 0 aliphatic heterocycles. The molecule has 0 aliphatic carbocycles. The maximum absolute atomic E-state index is 12.4. The fourth-order valence-corrected chi connectivity index (χ4v) is 2.51. The van der Waals surface area contributed by atoms with Crippen molar-refractivity contribution in [1.82, 2.24) is 0 Å². The van der Waals surface area contributed by atoms with Gasteiger partial charge in [-0.1, -0.05) is 35.9 Å². The second-order valence-electron chi connectivity index (χ2n) is 7.98. The number of allylic oxidation sites excluding steroid dienone is 2. The van der Waals surface area contributed by atoms with E-state index in [-0.39, 0.29) is 0 Å². The van der Waals surface area contributed by atoms with Crippen LogP contribution in [0.2, 0.25) is 0 Å². The van der Waals surface area contributed by atoms with E-state index in [1.54, 1.807) is 42.5 Å². The fourth-order valence-electron chi connectivity index (χ4n) is 2.51. The van der Waals surface area contributed by atoms with Crippen LogP contribution in [0.4, 0.5) is 0 Å². The maximum atomic E-state index is 12.4. The standard InChI is InChI=1S/C25H28O4/c1-18(2)11-14-21-17-19(13-16-23(26)29-25(3,4)5)12-15-22(21)28-24(27)20-9-7-6-8-10-20/h6-13,15-17H,14H2,1-5H3/b16-13+. The number of ether oxygens (including phenoxy) is 2. The Bertz CT molecular complexity index is 912. The van der Waals surface area contributed by atoms with Gasteiger partial charge in [0, 0.05) is 6.08 Å². The van der Waals surface area contributed by atoms with Crippen LogP contribution in [0.15, 0.2) is 66.3 Å². The summed E-state index contributed by atoms with van der Waals surface area (Å²) in [5, 5.41) is 0. The Kier molecular flexibility index (Phi) is 7.54. The minimum atomic E-state index is -0.536. The Balaban J connectivity index is 2.24. The predicted octanol–water partition coefficient (Wildman–Crippen LogP) is 5.77. The number of hydrogen-bond donors (Lipinski definition) is 0. The Morgan fingerprint density at radius 2 is 1.69 bits per heavy atom. The molecule has 0 unspecified atom stereocenters. The third-order valence-corrected chi connectivity index (χ3v) is 3.85. The number of esters is 2. The van der Waals surface area contributed by atoms with Gasteiger partial charge >= 0.3 is 11.9 Å². The van der Waals surface area contributed by atoms with Gasteiger partial charge in [-0.05, 0) is 82.5 Å². The van der Waals surface area contributed by atoms with E-state index in [1.165, 1.54) is 11.6 Å². The van der Waals surface area contributed by atoms with Gasteiger partial charge in [-0.3, -0.25) is 0 Å². The highest BCUT2D eigenvalue weighted by atomic mass is 16.6. The summed E-state index contributed by atoms with van der Waals surface area (Å²) in [6.07, 6.45) is 5.79. The summed E-state index contributed by atoms with van der Waals surface area (Å²) in [7, 11) is 0. The number of rotatable bonds is 6. The quantitative estimate of drug-likeness (QED) is 0.271. The predicted molar refractivity (Wildman–Crippen MR) is 116 cm³/mol. The molecule has 0 bridgehead atoms. The van der Waals surface area contributed by atoms with E-state index >= 15 is 0 Å². The number of benzene rings is 2. The molecule has 4 heteroatoms. The van der Waals surface area contributed by atoms with Crippen molar-refractivity contribution in [2.75, 3.05) is 0 Å². The van der Waals surface area contributed by atoms with Crippen molar-refractivity contribution in [2.45, 2.75) is 46.6 Å². The Labute approximate surface area is 172 Å². The van der Waals surface area contributed by atoms with E-state index in [0.29, 0.717) is 17.7 Å². The Morgan fingerprint density at radius 3 is 2.31 bits per heavy atom. The van der Waals surface area contributed by atoms with Crippen LogP contribution in [-0.2, 0) is 16.0 Å².